The predicted molar refractivity (Wildman–Crippen MR) is 94.6 cm³/mol. The number of nitrogens with zero attached hydrogens (tertiary/aromatic N) is 2. The number of ether oxygens (including phenoxy) is 1. The van der Waals surface area contributed by atoms with Crippen molar-refractivity contribution in [1.29, 1.82) is 0 Å². The van der Waals surface area contributed by atoms with Crippen LogP contribution in [0.25, 0.3) is 0 Å². The molecule has 0 aliphatic carbocycles. The molecule has 5 nitrogen and oxygen atoms in total. The topological polar surface area (TPSA) is 63.6 Å². The van der Waals surface area contributed by atoms with E-state index in [0.29, 0.717) is 40.1 Å². The van der Waals surface area contributed by atoms with Crippen LogP contribution in [0, 0.1) is 5.95 Å². The zero-order valence-electron chi connectivity index (χ0n) is 13.1. The average molecular weight is 382 g/mol. The third-order valence-corrected chi connectivity index (χ3v) is 4.07. The highest BCUT2D eigenvalue weighted by Crippen LogP contribution is 2.27. The van der Waals surface area contributed by atoms with Gasteiger partial charge in [-0.05, 0) is 30.3 Å². The number of fused-ring (bicyclic) bond motifs is 1. The summed E-state index contributed by atoms with van der Waals surface area (Å²) >= 11 is 11.8. The third kappa shape index (κ3) is 4.67. The first kappa shape index (κ1) is 17.6. The quantitative estimate of drug-likeness (QED) is 0.775. The second-order valence-corrected chi connectivity index (χ2v) is 6.25. The van der Waals surface area contributed by atoms with Gasteiger partial charge >= 0.3 is 0 Å². The van der Waals surface area contributed by atoms with Gasteiger partial charge in [-0.3, -0.25) is 9.79 Å². The van der Waals surface area contributed by atoms with Crippen LogP contribution in [-0.4, -0.2) is 29.8 Å². The fraction of sp³-hybridized carbons (Fsp3) is 0.235. The molecular formula is C17H14Cl2FN3O2. The van der Waals surface area contributed by atoms with Gasteiger partial charge in [-0.15, -0.1) is 0 Å². The number of carbonyl (C=O) groups excluding carboxylic acids is 1. The Morgan fingerprint density at radius 1 is 1.28 bits per heavy atom. The van der Waals surface area contributed by atoms with Crippen LogP contribution >= 0.6 is 23.2 Å². The molecule has 0 fully saturated rings. The molecule has 1 aliphatic rings. The Kier molecular flexibility index (Phi) is 5.50. The number of hydrogen-bond donors (Lipinski definition) is 1. The summed E-state index contributed by atoms with van der Waals surface area (Å²) in [5, 5.41) is 3.67. The van der Waals surface area contributed by atoms with Gasteiger partial charge in [0.15, 0.2) is 0 Å². The summed E-state index contributed by atoms with van der Waals surface area (Å²) in [6.45, 7) is 0.477. The number of rotatable bonds is 6. The molecule has 8 heteroatoms. The number of carbonyl (C=O) groups is 1. The minimum Gasteiger partial charge on any atom is -0.491 e. The molecule has 0 saturated carbocycles. The Morgan fingerprint density at radius 3 is 2.92 bits per heavy atom. The maximum atomic E-state index is 13.1. The van der Waals surface area contributed by atoms with E-state index in [0.717, 1.165) is 5.71 Å². The normalized spacial score (nSPS) is 12.5. The van der Waals surface area contributed by atoms with E-state index < -0.39 is 5.95 Å². The second-order valence-electron chi connectivity index (χ2n) is 5.40. The first-order valence-electron chi connectivity index (χ1n) is 7.57. The lowest BCUT2D eigenvalue weighted by atomic mass is 10.2. The van der Waals surface area contributed by atoms with E-state index in [1.165, 1.54) is 6.07 Å². The van der Waals surface area contributed by atoms with Crippen molar-refractivity contribution in [3.63, 3.8) is 0 Å². The van der Waals surface area contributed by atoms with Crippen LogP contribution in [0.5, 0.6) is 5.75 Å². The monoisotopic (exact) mass is 381 g/mol. The van der Waals surface area contributed by atoms with Crippen molar-refractivity contribution < 1.29 is 13.9 Å². The van der Waals surface area contributed by atoms with Crippen LogP contribution < -0.4 is 10.1 Å². The molecule has 0 atom stereocenters. The summed E-state index contributed by atoms with van der Waals surface area (Å²) in [5.74, 6) is -0.234. The first-order chi connectivity index (χ1) is 12.0. The third-order valence-electron chi connectivity index (χ3n) is 3.54. The molecule has 1 amide bonds. The van der Waals surface area contributed by atoms with E-state index in [4.69, 9.17) is 27.9 Å². The van der Waals surface area contributed by atoms with E-state index in [-0.39, 0.29) is 18.9 Å². The number of benzene rings is 1. The van der Waals surface area contributed by atoms with Gasteiger partial charge in [0.25, 0.3) is 0 Å². The Morgan fingerprint density at radius 2 is 2.12 bits per heavy atom. The Bertz CT molecular complexity index is 843. The number of amides is 1. The van der Waals surface area contributed by atoms with E-state index in [1.807, 2.05) is 0 Å². The van der Waals surface area contributed by atoms with E-state index in [9.17, 15) is 9.18 Å². The van der Waals surface area contributed by atoms with Gasteiger partial charge in [0.2, 0.25) is 11.9 Å². The molecule has 0 bridgehead atoms. The molecular weight excluding hydrogens is 368 g/mol. The molecule has 1 aromatic carbocycles. The molecule has 25 heavy (non-hydrogen) atoms. The SMILES string of the molecule is O=C(CCOc1ccc(Cl)cc1Cl)NCC1=Nc2ccc(F)nc2C1. The Hall–Kier alpha value is -2.18. The summed E-state index contributed by atoms with van der Waals surface area (Å²) in [6.07, 6.45) is 0.607. The highest BCUT2D eigenvalue weighted by molar-refractivity contribution is 6.35. The average Bonchev–Trinajstić information content (AvgIpc) is 2.97. The summed E-state index contributed by atoms with van der Waals surface area (Å²) in [4.78, 5) is 20.0. The molecule has 130 valence electrons. The highest BCUT2D eigenvalue weighted by atomic mass is 35.5. The van der Waals surface area contributed by atoms with Crippen molar-refractivity contribution in [2.75, 3.05) is 13.2 Å². The zero-order chi connectivity index (χ0) is 17.8. The Balaban J connectivity index is 1.42. The summed E-state index contributed by atoms with van der Waals surface area (Å²) in [5.41, 5.74) is 1.97. The molecule has 0 radical (unpaired) electrons. The smallest absolute Gasteiger partial charge is 0.223 e. The van der Waals surface area contributed by atoms with Crippen molar-refractivity contribution >= 4 is 40.5 Å². The van der Waals surface area contributed by atoms with Crippen LogP contribution in [0.15, 0.2) is 35.3 Å². The number of pyridine rings is 1. The molecule has 0 unspecified atom stereocenters. The van der Waals surface area contributed by atoms with Crippen molar-refractivity contribution in [1.82, 2.24) is 10.3 Å². The second kappa shape index (κ2) is 7.80. The number of nitrogens with one attached hydrogen (secondary N) is 1. The maximum absolute atomic E-state index is 13.1. The highest BCUT2D eigenvalue weighted by Gasteiger charge is 2.17. The minimum absolute atomic E-state index is 0.173. The van der Waals surface area contributed by atoms with Crippen LogP contribution in [0.3, 0.4) is 0 Å². The van der Waals surface area contributed by atoms with E-state index >= 15 is 0 Å². The predicted octanol–water partition coefficient (Wildman–Crippen LogP) is 3.74. The first-order valence-corrected chi connectivity index (χ1v) is 8.33. The van der Waals surface area contributed by atoms with Crippen molar-refractivity contribution in [2.45, 2.75) is 12.8 Å². The van der Waals surface area contributed by atoms with Crippen molar-refractivity contribution in [2.24, 2.45) is 4.99 Å². The lowest BCUT2D eigenvalue weighted by Gasteiger charge is -2.08. The molecule has 2 aromatic rings. The van der Waals surface area contributed by atoms with Gasteiger partial charge in [-0.2, -0.15) is 4.39 Å². The fourth-order valence-corrected chi connectivity index (χ4v) is 2.80. The van der Waals surface area contributed by atoms with Gasteiger partial charge in [0, 0.05) is 17.2 Å². The molecule has 2 heterocycles. The Labute approximate surface area is 153 Å². The van der Waals surface area contributed by atoms with Crippen LogP contribution in [0.1, 0.15) is 12.1 Å². The minimum atomic E-state index is -0.530. The molecule has 0 spiro atoms. The van der Waals surface area contributed by atoms with Gasteiger partial charge in [0.1, 0.15) is 5.75 Å². The molecule has 1 aromatic heterocycles. The van der Waals surface area contributed by atoms with Gasteiger partial charge in [0.05, 0.1) is 36.0 Å². The van der Waals surface area contributed by atoms with Gasteiger partial charge in [-0.1, -0.05) is 23.2 Å². The number of halogens is 3. The van der Waals surface area contributed by atoms with Crippen LogP contribution in [-0.2, 0) is 11.2 Å². The standard InChI is InChI=1S/C17H14Cl2FN3O2/c18-10-1-3-15(12(19)7-10)25-6-5-17(24)21-9-11-8-14-13(22-11)2-4-16(20)23-14/h1-4,7H,5-6,8-9H2,(H,21,24). The molecule has 1 aliphatic heterocycles. The lowest BCUT2D eigenvalue weighted by Crippen LogP contribution is -2.30. The number of aromatic nitrogens is 1. The molecule has 0 saturated heterocycles. The molecule has 1 N–H and O–H groups in total. The number of aliphatic imine (C=N–C) groups is 1. The fourth-order valence-electron chi connectivity index (χ4n) is 2.34. The van der Waals surface area contributed by atoms with Crippen molar-refractivity contribution in [3.05, 3.63) is 52.0 Å². The molecule has 3 rings (SSSR count). The number of hydrogen-bond acceptors (Lipinski definition) is 4. The van der Waals surface area contributed by atoms with Crippen molar-refractivity contribution in [3.8, 4) is 5.75 Å². The summed E-state index contributed by atoms with van der Waals surface area (Å²) in [6, 6.07) is 7.74. The summed E-state index contributed by atoms with van der Waals surface area (Å²) < 4.78 is 18.5. The zero-order valence-corrected chi connectivity index (χ0v) is 14.6. The largest absolute Gasteiger partial charge is 0.491 e. The van der Waals surface area contributed by atoms with Gasteiger partial charge in [-0.25, -0.2) is 4.98 Å². The summed E-state index contributed by atoms with van der Waals surface area (Å²) in [7, 11) is 0. The lowest BCUT2D eigenvalue weighted by molar-refractivity contribution is -0.121. The van der Waals surface area contributed by atoms with Crippen LogP contribution in [0.2, 0.25) is 10.0 Å². The van der Waals surface area contributed by atoms with Gasteiger partial charge < -0.3 is 10.1 Å². The van der Waals surface area contributed by atoms with Crippen LogP contribution in [0.4, 0.5) is 10.1 Å². The van der Waals surface area contributed by atoms with E-state index in [1.54, 1.807) is 24.3 Å². The van der Waals surface area contributed by atoms with E-state index in [2.05, 4.69) is 15.3 Å². The maximum Gasteiger partial charge on any atom is 0.223 e.